The molecule has 0 amide bonds. The highest BCUT2D eigenvalue weighted by Gasteiger charge is 2.17. The second-order valence-corrected chi connectivity index (χ2v) is 4.69. The Hall–Kier alpha value is -1.16. The molecule has 0 spiro atoms. The summed E-state index contributed by atoms with van der Waals surface area (Å²) in [5, 5.41) is 3.38. The summed E-state index contributed by atoms with van der Waals surface area (Å²) in [5.74, 6) is 1.58. The summed E-state index contributed by atoms with van der Waals surface area (Å²) in [5.41, 5.74) is 2.08. The minimum atomic E-state index is 0.731. The van der Waals surface area contributed by atoms with E-state index in [0.717, 1.165) is 42.9 Å². The van der Waals surface area contributed by atoms with Crippen LogP contribution in [-0.4, -0.2) is 36.6 Å². The molecular weight excluding hydrogens is 200 g/mol. The van der Waals surface area contributed by atoms with Crippen LogP contribution >= 0.6 is 0 Å². The maximum atomic E-state index is 4.47. The fraction of sp³-hybridized carbons (Fsp3) is 0.667. The summed E-state index contributed by atoms with van der Waals surface area (Å²) >= 11 is 0. The van der Waals surface area contributed by atoms with Crippen LogP contribution in [0.4, 0.5) is 5.95 Å². The Bertz CT molecular complexity index is 338. The van der Waals surface area contributed by atoms with Crippen LogP contribution < -0.4 is 10.2 Å². The van der Waals surface area contributed by atoms with Crippen LogP contribution in [0, 0.1) is 19.8 Å². The van der Waals surface area contributed by atoms with Gasteiger partial charge < -0.3 is 10.2 Å². The van der Waals surface area contributed by atoms with E-state index in [1.165, 1.54) is 6.42 Å². The Balaban J connectivity index is 2.04. The normalized spacial score (nSPS) is 20.1. The molecule has 1 aromatic rings. The molecule has 1 fully saturated rings. The van der Waals surface area contributed by atoms with Crippen molar-refractivity contribution in [2.24, 2.45) is 5.92 Å². The topological polar surface area (TPSA) is 41.1 Å². The molecule has 0 saturated carbocycles. The van der Waals surface area contributed by atoms with Crippen molar-refractivity contribution in [1.29, 1.82) is 0 Å². The van der Waals surface area contributed by atoms with E-state index in [-0.39, 0.29) is 0 Å². The zero-order valence-corrected chi connectivity index (χ0v) is 10.3. The van der Waals surface area contributed by atoms with Gasteiger partial charge in [-0.1, -0.05) is 0 Å². The first-order chi connectivity index (χ1) is 7.65. The van der Waals surface area contributed by atoms with Crippen LogP contribution in [0.1, 0.15) is 17.8 Å². The lowest BCUT2D eigenvalue weighted by Crippen LogP contribution is -2.28. The molecular formula is C12H20N4. The summed E-state index contributed by atoms with van der Waals surface area (Å²) in [7, 11) is 2.08. The number of hydrogen-bond acceptors (Lipinski definition) is 4. The van der Waals surface area contributed by atoms with Crippen molar-refractivity contribution in [1.82, 2.24) is 15.3 Å². The van der Waals surface area contributed by atoms with Crippen LogP contribution in [0.2, 0.25) is 0 Å². The second-order valence-electron chi connectivity index (χ2n) is 4.69. The quantitative estimate of drug-likeness (QED) is 0.829. The summed E-state index contributed by atoms with van der Waals surface area (Å²) in [6, 6.07) is 2.01. The fourth-order valence-electron chi connectivity index (χ4n) is 2.22. The van der Waals surface area contributed by atoms with Gasteiger partial charge >= 0.3 is 0 Å². The number of anilines is 1. The number of rotatable bonds is 3. The molecule has 0 unspecified atom stereocenters. The molecule has 4 heteroatoms. The minimum absolute atomic E-state index is 0.731. The van der Waals surface area contributed by atoms with Crippen molar-refractivity contribution < 1.29 is 0 Å². The van der Waals surface area contributed by atoms with E-state index in [0.29, 0.717) is 0 Å². The zero-order valence-electron chi connectivity index (χ0n) is 10.3. The third kappa shape index (κ3) is 2.70. The Labute approximate surface area is 97.1 Å². The number of nitrogens with one attached hydrogen (secondary N) is 1. The van der Waals surface area contributed by atoms with E-state index in [2.05, 4.69) is 27.2 Å². The van der Waals surface area contributed by atoms with Gasteiger partial charge in [-0.15, -0.1) is 0 Å². The summed E-state index contributed by atoms with van der Waals surface area (Å²) < 4.78 is 0. The van der Waals surface area contributed by atoms with Gasteiger partial charge in [0.25, 0.3) is 0 Å². The lowest BCUT2D eigenvalue weighted by Gasteiger charge is -2.21. The van der Waals surface area contributed by atoms with E-state index in [4.69, 9.17) is 0 Å². The van der Waals surface area contributed by atoms with Crippen molar-refractivity contribution in [3.8, 4) is 0 Å². The summed E-state index contributed by atoms with van der Waals surface area (Å²) in [6.07, 6.45) is 1.26. The minimum Gasteiger partial charge on any atom is -0.344 e. The lowest BCUT2D eigenvalue weighted by molar-refractivity contribution is 0.572. The van der Waals surface area contributed by atoms with Gasteiger partial charge in [-0.3, -0.25) is 0 Å². The SMILES string of the molecule is Cc1cc(C)nc(N(C)C[C@@H]2CCNC2)n1. The van der Waals surface area contributed by atoms with E-state index < -0.39 is 0 Å². The molecule has 1 aromatic heterocycles. The number of nitrogens with zero attached hydrogens (tertiary/aromatic N) is 3. The highest BCUT2D eigenvalue weighted by molar-refractivity contribution is 5.30. The largest absolute Gasteiger partial charge is 0.344 e. The average molecular weight is 220 g/mol. The molecule has 2 rings (SSSR count). The molecule has 0 radical (unpaired) electrons. The summed E-state index contributed by atoms with van der Waals surface area (Å²) in [4.78, 5) is 11.1. The van der Waals surface area contributed by atoms with Crippen molar-refractivity contribution in [3.05, 3.63) is 17.5 Å². The number of aryl methyl sites for hydroxylation is 2. The summed E-state index contributed by atoms with van der Waals surface area (Å²) in [6.45, 7) is 7.34. The highest BCUT2D eigenvalue weighted by atomic mass is 15.2. The van der Waals surface area contributed by atoms with Gasteiger partial charge in [0.15, 0.2) is 0 Å². The van der Waals surface area contributed by atoms with E-state index in [9.17, 15) is 0 Å². The third-order valence-electron chi connectivity index (χ3n) is 3.01. The number of hydrogen-bond donors (Lipinski definition) is 1. The van der Waals surface area contributed by atoms with Gasteiger partial charge in [0, 0.05) is 25.0 Å². The van der Waals surface area contributed by atoms with Crippen molar-refractivity contribution in [3.63, 3.8) is 0 Å². The first-order valence-electron chi connectivity index (χ1n) is 5.89. The van der Waals surface area contributed by atoms with Gasteiger partial charge in [-0.2, -0.15) is 0 Å². The Morgan fingerprint density at radius 3 is 2.62 bits per heavy atom. The maximum absolute atomic E-state index is 4.47. The fourth-order valence-corrected chi connectivity index (χ4v) is 2.22. The van der Waals surface area contributed by atoms with Crippen LogP contribution in [0.15, 0.2) is 6.07 Å². The third-order valence-corrected chi connectivity index (χ3v) is 3.01. The van der Waals surface area contributed by atoms with Crippen molar-refractivity contribution in [2.75, 3.05) is 31.6 Å². The van der Waals surface area contributed by atoms with Crippen LogP contribution in [0.25, 0.3) is 0 Å². The maximum Gasteiger partial charge on any atom is 0.225 e. The van der Waals surface area contributed by atoms with Gasteiger partial charge in [0.2, 0.25) is 5.95 Å². The first-order valence-corrected chi connectivity index (χ1v) is 5.89. The Morgan fingerprint density at radius 1 is 1.38 bits per heavy atom. The highest BCUT2D eigenvalue weighted by Crippen LogP contribution is 2.13. The zero-order chi connectivity index (χ0) is 11.5. The van der Waals surface area contributed by atoms with Gasteiger partial charge in [0.05, 0.1) is 0 Å². The lowest BCUT2D eigenvalue weighted by atomic mass is 10.1. The van der Waals surface area contributed by atoms with Crippen molar-refractivity contribution in [2.45, 2.75) is 20.3 Å². The Morgan fingerprint density at radius 2 is 2.06 bits per heavy atom. The van der Waals surface area contributed by atoms with Gasteiger partial charge in [0.1, 0.15) is 0 Å². The molecule has 0 aliphatic carbocycles. The van der Waals surface area contributed by atoms with E-state index in [1.54, 1.807) is 0 Å². The van der Waals surface area contributed by atoms with E-state index in [1.807, 2.05) is 19.9 Å². The molecule has 1 aliphatic rings. The van der Waals surface area contributed by atoms with Crippen molar-refractivity contribution >= 4 is 5.95 Å². The van der Waals surface area contributed by atoms with Gasteiger partial charge in [-0.05, 0) is 45.3 Å². The molecule has 4 nitrogen and oxygen atoms in total. The van der Waals surface area contributed by atoms with E-state index >= 15 is 0 Å². The molecule has 2 heterocycles. The monoisotopic (exact) mass is 220 g/mol. The predicted octanol–water partition coefficient (Wildman–Crippen LogP) is 1.14. The molecule has 1 saturated heterocycles. The standard InChI is InChI=1S/C12H20N4/c1-9-6-10(2)15-12(14-9)16(3)8-11-4-5-13-7-11/h6,11,13H,4-5,7-8H2,1-3H3/t11-/m1/s1. The first kappa shape index (κ1) is 11.3. The second kappa shape index (κ2) is 4.78. The Kier molecular flexibility index (Phi) is 3.39. The van der Waals surface area contributed by atoms with Gasteiger partial charge in [-0.25, -0.2) is 9.97 Å². The molecule has 88 valence electrons. The molecule has 0 bridgehead atoms. The van der Waals surface area contributed by atoms with Crippen LogP contribution in [0.5, 0.6) is 0 Å². The average Bonchev–Trinajstić information content (AvgIpc) is 2.68. The smallest absolute Gasteiger partial charge is 0.225 e. The molecule has 1 aliphatic heterocycles. The molecule has 1 atom stereocenters. The molecule has 16 heavy (non-hydrogen) atoms. The predicted molar refractivity (Wildman–Crippen MR) is 65.8 cm³/mol. The van der Waals surface area contributed by atoms with Crippen LogP contribution in [0.3, 0.4) is 0 Å². The molecule has 1 N–H and O–H groups in total. The number of aromatic nitrogens is 2. The molecule has 0 aromatic carbocycles. The van der Waals surface area contributed by atoms with Crippen LogP contribution in [-0.2, 0) is 0 Å².